The van der Waals surface area contributed by atoms with Gasteiger partial charge in [-0.1, -0.05) is 0 Å². The number of benzene rings is 1. The quantitative estimate of drug-likeness (QED) is 0.338. The normalized spacial score (nSPS) is 12.7. The Morgan fingerprint density at radius 2 is 2.00 bits per heavy atom. The van der Waals surface area contributed by atoms with Crippen LogP contribution >= 0.6 is 0 Å². The molecule has 1 heterocycles. The van der Waals surface area contributed by atoms with Gasteiger partial charge >= 0.3 is 0 Å². The molecule has 0 aliphatic rings. The molecule has 29 heavy (non-hydrogen) atoms. The fourth-order valence-corrected chi connectivity index (χ4v) is 2.47. The number of hydrogen-bond acceptors (Lipinski definition) is 5. The second-order valence-electron chi connectivity index (χ2n) is 6.63. The summed E-state index contributed by atoms with van der Waals surface area (Å²) in [4.78, 5) is 4.60. The number of aromatic nitrogens is 3. The lowest BCUT2D eigenvalue weighted by Crippen LogP contribution is -2.42. The van der Waals surface area contributed by atoms with Gasteiger partial charge in [0.05, 0.1) is 6.54 Å². The van der Waals surface area contributed by atoms with Crippen LogP contribution in [0.25, 0.3) is 0 Å². The number of ether oxygens (including phenoxy) is 2. The van der Waals surface area contributed by atoms with Gasteiger partial charge in [0.2, 0.25) is 0 Å². The van der Waals surface area contributed by atoms with E-state index >= 15 is 0 Å². The summed E-state index contributed by atoms with van der Waals surface area (Å²) >= 11 is 0. The van der Waals surface area contributed by atoms with Gasteiger partial charge < -0.3 is 24.7 Å². The summed E-state index contributed by atoms with van der Waals surface area (Å²) in [7, 11) is 1.92. The fraction of sp³-hybridized carbons (Fsp3) is 0.550. The predicted octanol–water partition coefficient (Wildman–Crippen LogP) is 2.19. The molecule has 2 N–H and O–H groups in total. The van der Waals surface area contributed by atoms with E-state index in [0.29, 0.717) is 38.0 Å². The zero-order valence-electron chi connectivity index (χ0n) is 17.6. The van der Waals surface area contributed by atoms with Crippen LogP contribution in [0.15, 0.2) is 29.3 Å². The van der Waals surface area contributed by atoms with E-state index in [2.05, 4.69) is 25.8 Å². The van der Waals surface area contributed by atoms with Crippen LogP contribution in [0.3, 0.4) is 0 Å². The minimum atomic E-state index is -0.284. The van der Waals surface area contributed by atoms with Crippen molar-refractivity contribution in [3.63, 3.8) is 0 Å². The van der Waals surface area contributed by atoms with Crippen LogP contribution in [-0.4, -0.2) is 53.1 Å². The summed E-state index contributed by atoms with van der Waals surface area (Å²) in [5, 5.41) is 14.8. The molecule has 0 amide bonds. The first-order valence-corrected chi connectivity index (χ1v) is 9.86. The fourth-order valence-electron chi connectivity index (χ4n) is 2.47. The summed E-state index contributed by atoms with van der Waals surface area (Å²) in [6.45, 7) is 8.91. The van der Waals surface area contributed by atoms with Crippen LogP contribution < -0.4 is 15.4 Å². The number of nitrogens with one attached hydrogen (secondary N) is 2. The Balaban J connectivity index is 1.89. The van der Waals surface area contributed by atoms with Gasteiger partial charge in [-0.3, -0.25) is 0 Å². The second kappa shape index (κ2) is 12.0. The average molecular weight is 407 g/mol. The van der Waals surface area contributed by atoms with Crippen LogP contribution in [0.2, 0.25) is 0 Å². The first-order valence-electron chi connectivity index (χ1n) is 9.86. The van der Waals surface area contributed by atoms with Crippen molar-refractivity contribution < 1.29 is 13.9 Å². The first kappa shape index (κ1) is 22.6. The molecule has 0 bridgehead atoms. The highest BCUT2D eigenvalue weighted by atomic mass is 19.1. The maximum atomic E-state index is 13.0. The molecular formula is C20H31FN6O2. The SMILES string of the molecule is CCOCCCNC(=NCc1nnc(C)n1C)NCC(C)Oc1ccc(F)cc1. The number of guanidine groups is 1. The summed E-state index contributed by atoms with van der Waals surface area (Å²) in [5.41, 5.74) is 0. The molecule has 2 rings (SSSR count). The van der Waals surface area contributed by atoms with Crippen LogP contribution in [0, 0.1) is 12.7 Å². The van der Waals surface area contributed by atoms with E-state index in [1.807, 2.05) is 32.4 Å². The molecule has 1 aromatic carbocycles. The number of nitrogens with zero attached hydrogens (tertiary/aromatic N) is 4. The molecule has 0 fully saturated rings. The van der Waals surface area contributed by atoms with Gasteiger partial charge in [-0.25, -0.2) is 9.38 Å². The van der Waals surface area contributed by atoms with Crippen molar-refractivity contribution in [3.05, 3.63) is 41.7 Å². The molecule has 2 aromatic rings. The van der Waals surface area contributed by atoms with E-state index in [4.69, 9.17) is 9.47 Å². The molecule has 1 unspecified atom stereocenters. The highest BCUT2D eigenvalue weighted by molar-refractivity contribution is 5.79. The second-order valence-corrected chi connectivity index (χ2v) is 6.63. The van der Waals surface area contributed by atoms with Crippen LogP contribution in [-0.2, 0) is 18.3 Å². The lowest BCUT2D eigenvalue weighted by atomic mass is 10.3. The van der Waals surface area contributed by atoms with E-state index in [0.717, 1.165) is 24.6 Å². The summed E-state index contributed by atoms with van der Waals surface area (Å²) in [6.07, 6.45) is 0.743. The Hall–Kier alpha value is -2.68. The lowest BCUT2D eigenvalue weighted by molar-refractivity contribution is 0.145. The molecule has 9 heteroatoms. The van der Waals surface area contributed by atoms with Gasteiger partial charge in [0.15, 0.2) is 11.8 Å². The molecular weight excluding hydrogens is 375 g/mol. The molecule has 0 aliphatic carbocycles. The van der Waals surface area contributed by atoms with Crippen LogP contribution in [0.1, 0.15) is 31.9 Å². The number of hydrogen-bond donors (Lipinski definition) is 2. The first-order chi connectivity index (χ1) is 14.0. The van der Waals surface area contributed by atoms with E-state index in [9.17, 15) is 4.39 Å². The Bertz CT molecular complexity index is 763. The molecule has 1 atom stereocenters. The minimum absolute atomic E-state index is 0.132. The van der Waals surface area contributed by atoms with Crippen molar-refractivity contribution >= 4 is 5.96 Å². The third-order valence-electron chi connectivity index (χ3n) is 4.23. The maximum absolute atomic E-state index is 13.0. The Kier molecular flexibility index (Phi) is 9.36. The van der Waals surface area contributed by atoms with Gasteiger partial charge in [-0.05, 0) is 51.5 Å². The van der Waals surface area contributed by atoms with Gasteiger partial charge in [0.1, 0.15) is 30.0 Å². The monoisotopic (exact) mass is 406 g/mol. The van der Waals surface area contributed by atoms with Crippen LogP contribution in [0.4, 0.5) is 4.39 Å². The van der Waals surface area contributed by atoms with Crippen molar-refractivity contribution in [3.8, 4) is 5.75 Å². The van der Waals surface area contributed by atoms with Crippen molar-refractivity contribution in [1.29, 1.82) is 0 Å². The van der Waals surface area contributed by atoms with Gasteiger partial charge in [0.25, 0.3) is 0 Å². The number of halogens is 1. The van der Waals surface area contributed by atoms with E-state index in [-0.39, 0.29) is 11.9 Å². The van der Waals surface area contributed by atoms with E-state index in [1.54, 1.807) is 12.1 Å². The topological polar surface area (TPSA) is 85.6 Å². The lowest BCUT2D eigenvalue weighted by Gasteiger charge is -2.18. The zero-order valence-corrected chi connectivity index (χ0v) is 17.6. The number of rotatable bonds is 11. The summed E-state index contributed by atoms with van der Waals surface area (Å²) in [6, 6.07) is 5.99. The maximum Gasteiger partial charge on any atom is 0.191 e. The Labute approximate surface area is 171 Å². The van der Waals surface area contributed by atoms with E-state index < -0.39 is 0 Å². The van der Waals surface area contributed by atoms with Gasteiger partial charge in [-0.15, -0.1) is 10.2 Å². The van der Waals surface area contributed by atoms with Gasteiger partial charge in [0, 0.05) is 26.8 Å². The van der Waals surface area contributed by atoms with Crippen molar-refractivity contribution in [2.75, 3.05) is 26.3 Å². The molecule has 0 radical (unpaired) electrons. The number of aryl methyl sites for hydroxylation is 1. The highest BCUT2D eigenvalue weighted by Crippen LogP contribution is 2.12. The number of aliphatic imine (C=N–C) groups is 1. The molecule has 0 saturated heterocycles. The predicted molar refractivity (Wildman–Crippen MR) is 110 cm³/mol. The molecule has 0 aliphatic heterocycles. The van der Waals surface area contributed by atoms with Crippen molar-refractivity contribution in [1.82, 2.24) is 25.4 Å². The highest BCUT2D eigenvalue weighted by Gasteiger charge is 2.08. The van der Waals surface area contributed by atoms with E-state index in [1.165, 1.54) is 12.1 Å². The summed E-state index contributed by atoms with van der Waals surface area (Å²) in [5.74, 6) is 2.63. The molecule has 1 aromatic heterocycles. The zero-order chi connectivity index (χ0) is 21.1. The Morgan fingerprint density at radius 1 is 1.24 bits per heavy atom. The van der Waals surface area contributed by atoms with Crippen molar-refractivity contribution in [2.24, 2.45) is 12.0 Å². The molecule has 0 saturated carbocycles. The molecule has 160 valence electrons. The smallest absolute Gasteiger partial charge is 0.191 e. The summed E-state index contributed by atoms with van der Waals surface area (Å²) < 4.78 is 26.1. The molecule has 0 spiro atoms. The molecule has 8 nitrogen and oxygen atoms in total. The van der Waals surface area contributed by atoms with Crippen molar-refractivity contribution in [2.45, 2.75) is 39.8 Å². The third-order valence-corrected chi connectivity index (χ3v) is 4.23. The standard InChI is InChI=1S/C20H31FN6O2/c1-5-28-12-6-11-22-20(24-14-19-26-25-16(3)27(19)4)23-13-15(2)29-18-9-7-17(21)8-10-18/h7-10,15H,5-6,11-14H2,1-4H3,(H2,22,23,24). The minimum Gasteiger partial charge on any atom is -0.489 e. The van der Waals surface area contributed by atoms with Gasteiger partial charge in [-0.2, -0.15) is 0 Å². The Morgan fingerprint density at radius 3 is 2.66 bits per heavy atom. The largest absolute Gasteiger partial charge is 0.489 e. The third kappa shape index (κ3) is 8.06. The van der Waals surface area contributed by atoms with Crippen LogP contribution in [0.5, 0.6) is 5.75 Å². The average Bonchev–Trinajstić information content (AvgIpc) is 3.03.